The molecule has 1 atom stereocenters. The Balaban J connectivity index is 1.98. The third-order valence-corrected chi connectivity index (χ3v) is 3.68. The molecule has 7 nitrogen and oxygen atoms in total. The summed E-state index contributed by atoms with van der Waals surface area (Å²) in [4.78, 5) is 20.9. The normalized spacial score (nSPS) is 18.6. The number of nitrogens with one attached hydrogen (secondary N) is 1. The summed E-state index contributed by atoms with van der Waals surface area (Å²) < 4.78 is 5.03. The zero-order chi connectivity index (χ0) is 15.2. The lowest BCUT2D eigenvalue weighted by Gasteiger charge is -2.34. The number of carboxylic acids is 1. The van der Waals surface area contributed by atoms with Crippen molar-refractivity contribution in [2.75, 3.05) is 38.2 Å². The summed E-state index contributed by atoms with van der Waals surface area (Å²) in [5.74, 6) is 0.202. The lowest BCUT2D eigenvalue weighted by molar-refractivity contribution is -0.136. The summed E-state index contributed by atoms with van der Waals surface area (Å²) in [5.41, 5.74) is 0. The van der Waals surface area contributed by atoms with Crippen LogP contribution in [0.15, 0.2) is 6.20 Å². The number of halogens is 1. The van der Waals surface area contributed by atoms with E-state index in [4.69, 9.17) is 21.4 Å². The predicted molar refractivity (Wildman–Crippen MR) is 79.0 cm³/mol. The quantitative estimate of drug-likeness (QED) is 0.810. The number of carbonyl (C=O) groups is 1. The zero-order valence-electron chi connectivity index (χ0n) is 11.9. The van der Waals surface area contributed by atoms with Gasteiger partial charge in [0.1, 0.15) is 5.02 Å². The molecule has 0 saturated carbocycles. The number of aromatic nitrogens is 2. The second-order valence-corrected chi connectivity index (χ2v) is 5.41. The van der Waals surface area contributed by atoms with Crippen LogP contribution in [-0.2, 0) is 4.79 Å². The molecule has 0 aliphatic carbocycles. The predicted octanol–water partition coefficient (Wildman–Crippen LogP) is 1.03. The van der Waals surface area contributed by atoms with Crippen LogP contribution in [0.3, 0.4) is 0 Å². The fraction of sp³-hybridized carbons (Fsp3) is 0.615. The number of carboxylic acid groups (broad SMARTS) is 1. The van der Waals surface area contributed by atoms with E-state index in [0.29, 0.717) is 29.3 Å². The summed E-state index contributed by atoms with van der Waals surface area (Å²) >= 11 is 6.16. The Hall–Kier alpha value is -1.60. The van der Waals surface area contributed by atoms with E-state index >= 15 is 0 Å². The molecule has 1 fully saturated rings. The summed E-state index contributed by atoms with van der Waals surface area (Å²) in [6.45, 7) is 2.31. The van der Waals surface area contributed by atoms with Gasteiger partial charge in [-0.15, -0.1) is 0 Å². The maximum absolute atomic E-state index is 10.5. The van der Waals surface area contributed by atoms with Crippen molar-refractivity contribution in [3.8, 4) is 6.01 Å². The standard InChI is InChI=1S/C13H19ClN4O3/c1-21-13-16-6-10(14)12(17-13)18-4-2-3-9(8-18)5-15-7-11(19)20/h6,9,15H,2-5,7-8H2,1H3,(H,19,20). The number of hydrogen-bond acceptors (Lipinski definition) is 6. The van der Waals surface area contributed by atoms with Gasteiger partial charge in [0.2, 0.25) is 0 Å². The van der Waals surface area contributed by atoms with Gasteiger partial charge in [-0.2, -0.15) is 4.98 Å². The summed E-state index contributed by atoms with van der Waals surface area (Å²) in [7, 11) is 1.52. The van der Waals surface area contributed by atoms with Crippen LogP contribution in [0.2, 0.25) is 5.02 Å². The van der Waals surface area contributed by atoms with Crippen LogP contribution in [0.1, 0.15) is 12.8 Å². The van der Waals surface area contributed by atoms with Gasteiger partial charge in [0.15, 0.2) is 5.82 Å². The number of piperidine rings is 1. The van der Waals surface area contributed by atoms with Crippen molar-refractivity contribution in [3.63, 3.8) is 0 Å². The van der Waals surface area contributed by atoms with Crippen LogP contribution in [0.4, 0.5) is 5.82 Å². The van der Waals surface area contributed by atoms with E-state index in [1.165, 1.54) is 13.3 Å². The van der Waals surface area contributed by atoms with Gasteiger partial charge >= 0.3 is 12.0 Å². The topological polar surface area (TPSA) is 87.6 Å². The smallest absolute Gasteiger partial charge is 0.318 e. The molecule has 2 rings (SSSR count). The second kappa shape index (κ2) is 7.42. The molecule has 1 aromatic heterocycles. The fourth-order valence-corrected chi connectivity index (χ4v) is 2.68. The van der Waals surface area contributed by atoms with Gasteiger partial charge in [-0.25, -0.2) is 4.98 Å². The molecular formula is C13H19ClN4O3. The molecule has 1 saturated heterocycles. The summed E-state index contributed by atoms with van der Waals surface area (Å²) in [5, 5.41) is 12.1. The van der Waals surface area contributed by atoms with E-state index in [0.717, 1.165) is 25.9 Å². The Kier molecular flexibility index (Phi) is 5.58. The molecule has 8 heteroatoms. The Morgan fingerprint density at radius 1 is 1.67 bits per heavy atom. The van der Waals surface area contributed by atoms with Crippen LogP contribution in [0, 0.1) is 5.92 Å². The SMILES string of the molecule is COc1ncc(Cl)c(N2CCCC(CNCC(=O)O)C2)n1. The lowest BCUT2D eigenvalue weighted by Crippen LogP contribution is -2.41. The van der Waals surface area contributed by atoms with Gasteiger partial charge in [0, 0.05) is 19.6 Å². The molecule has 1 aliphatic rings. The van der Waals surface area contributed by atoms with E-state index in [9.17, 15) is 4.79 Å². The van der Waals surface area contributed by atoms with E-state index in [1.54, 1.807) is 0 Å². The van der Waals surface area contributed by atoms with E-state index in [-0.39, 0.29) is 6.54 Å². The maximum atomic E-state index is 10.5. The Morgan fingerprint density at radius 2 is 2.48 bits per heavy atom. The molecule has 116 valence electrons. The highest BCUT2D eigenvalue weighted by atomic mass is 35.5. The molecule has 1 unspecified atom stereocenters. The second-order valence-electron chi connectivity index (χ2n) is 5.01. The number of ether oxygens (including phenoxy) is 1. The van der Waals surface area contributed by atoms with E-state index in [1.807, 2.05) is 0 Å². The van der Waals surface area contributed by atoms with Crippen molar-refractivity contribution in [1.82, 2.24) is 15.3 Å². The highest BCUT2D eigenvalue weighted by molar-refractivity contribution is 6.32. The third kappa shape index (κ3) is 4.44. The summed E-state index contributed by atoms with van der Waals surface area (Å²) in [6, 6.07) is 0.292. The average Bonchev–Trinajstić information content (AvgIpc) is 2.48. The first-order valence-corrected chi connectivity index (χ1v) is 7.22. The van der Waals surface area contributed by atoms with Gasteiger partial charge in [-0.3, -0.25) is 4.79 Å². The molecule has 21 heavy (non-hydrogen) atoms. The Bertz CT molecular complexity index is 500. The Morgan fingerprint density at radius 3 is 3.19 bits per heavy atom. The van der Waals surface area contributed by atoms with Crippen molar-refractivity contribution < 1.29 is 14.6 Å². The molecule has 1 aliphatic heterocycles. The first kappa shape index (κ1) is 15.8. The van der Waals surface area contributed by atoms with Gasteiger partial charge in [-0.05, 0) is 18.8 Å². The average molecular weight is 315 g/mol. The Labute approximate surface area is 128 Å². The maximum Gasteiger partial charge on any atom is 0.318 e. The van der Waals surface area contributed by atoms with E-state index in [2.05, 4.69) is 20.2 Å². The van der Waals surface area contributed by atoms with Crippen LogP contribution in [-0.4, -0.2) is 54.3 Å². The molecule has 0 radical (unpaired) electrons. The van der Waals surface area contributed by atoms with Crippen LogP contribution < -0.4 is 15.0 Å². The zero-order valence-corrected chi connectivity index (χ0v) is 12.6. The molecule has 0 bridgehead atoms. The molecule has 2 N–H and O–H groups in total. The first-order valence-electron chi connectivity index (χ1n) is 6.84. The van der Waals surface area contributed by atoms with Gasteiger partial charge in [0.25, 0.3) is 0 Å². The molecule has 0 aromatic carbocycles. The number of aliphatic carboxylic acids is 1. The fourth-order valence-electron chi connectivity index (χ4n) is 2.47. The van der Waals surface area contributed by atoms with Crippen molar-refractivity contribution in [2.24, 2.45) is 5.92 Å². The molecule has 0 amide bonds. The molecular weight excluding hydrogens is 296 g/mol. The van der Waals surface area contributed by atoms with Gasteiger partial charge in [-0.1, -0.05) is 11.6 Å². The van der Waals surface area contributed by atoms with Crippen molar-refractivity contribution in [3.05, 3.63) is 11.2 Å². The van der Waals surface area contributed by atoms with Gasteiger partial charge < -0.3 is 20.1 Å². The minimum Gasteiger partial charge on any atom is -0.480 e. The lowest BCUT2D eigenvalue weighted by atomic mass is 9.98. The van der Waals surface area contributed by atoms with Crippen LogP contribution in [0.25, 0.3) is 0 Å². The number of methoxy groups -OCH3 is 1. The van der Waals surface area contributed by atoms with Crippen molar-refractivity contribution in [2.45, 2.75) is 12.8 Å². The molecule has 2 heterocycles. The highest BCUT2D eigenvalue weighted by Gasteiger charge is 2.23. The van der Waals surface area contributed by atoms with Gasteiger partial charge in [0.05, 0.1) is 19.9 Å². The van der Waals surface area contributed by atoms with Crippen LogP contribution in [0.5, 0.6) is 6.01 Å². The number of rotatable bonds is 6. The van der Waals surface area contributed by atoms with Crippen molar-refractivity contribution >= 4 is 23.4 Å². The van der Waals surface area contributed by atoms with Crippen molar-refractivity contribution in [1.29, 1.82) is 0 Å². The van der Waals surface area contributed by atoms with Crippen LogP contribution >= 0.6 is 11.6 Å². The van der Waals surface area contributed by atoms with E-state index < -0.39 is 5.97 Å². The minimum atomic E-state index is -0.841. The molecule has 0 spiro atoms. The number of nitrogens with zero attached hydrogens (tertiary/aromatic N) is 3. The minimum absolute atomic E-state index is 0.0153. The first-order chi connectivity index (χ1) is 10.1. The number of anilines is 1. The number of hydrogen-bond donors (Lipinski definition) is 2. The third-order valence-electron chi connectivity index (χ3n) is 3.41. The largest absolute Gasteiger partial charge is 0.480 e. The summed E-state index contributed by atoms with van der Waals surface area (Å²) in [6.07, 6.45) is 3.61. The monoisotopic (exact) mass is 314 g/mol. The molecule has 1 aromatic rings. The highest BCUT2D eigenvalue weighted by Crippen LogP contribution is 2.28.